The Balaban J connectivity index is 0.000000225. The van der Waals surface area contributed by atoms with Gasteiger partial charge in [-0.1, -0.05) is 12.1 Å². The van der Waals surface area contributed by atoms with Gasteiger partial charge in [0.25, 0.3) is 10.1 Å². The summed E-state index contributed by atoms with van der Waals surface area (Å²) in [7, 11) is -4.06. The Bertz CT molecular complexity index is 571. The van der Waals surface area contributed by atoms with E-state index in [0.29, 0.717) is 5.56 Å². The quantitative estimate of drug-likeness (QED) is 0.799. The van der Waals surface area contributed by atoms with E-state index in [9.17, 15) is 8.42 Å². The molecule has 0 radical (unpaired) electrons. The van der Waals surface area contributed by atoms with Crippen LogP contribution in [0.1, 0.15) is 11.1 Å². The van der Waals surface area contributed by atoms with Crippen molar-refractivity contribution >= 4 is 10.1 Å². The first-order valence-electron chi connectivity index (χ1n) is 5.18. The first kappa shape index (κ1) is 14.3. The Kier molecular flexibility index (Phi) is 4.94. The highest BCUT2D eigenvalue weighted by Gasteiger charge is 2.12. The Labute approximate surface area is 106 Å². The average Bonchev–Trinajstić information content (AvgIpc) is 2.34. The third-order valence-electron chi connectivity index (χ3n) is 2.32. The van der Waals surface area contributed by atoms with Crippen LogP contribution in [0.2, 0.25) is 0 Å². The molecule has 0 amide bonds. The molecule has 0 saturated heterocycles. The summed E-state index contributed by atoms with van der Waals surface area (Å²) in [5.41, 5.74) is 1.45. The molecule has 0 saturated carbocycles. The lowest BCUT2D eigenvalue weighted by molar-refractivity contribution is 0.482. The Morgan fingerprint density at radius 2 is 1.56 bits per heavy atom. The fraction of sp³-hybridized carbons (Fsp3) is 0.167. The van der Waals surface area contributed by atoms with Crippen molar-refractivity contribution in [3.63, 3.8) is 0 Å². The number of aromatic nitrogens is 2. The van der Waals surface area contributed by atoms with Crippen molar-refractivity contribution in [1.82, 2.24) is 10.2 Å². The molecule has 0 unspecified atom stereocenters. The SMILES string of the molecule is Cc1cccc(S(=O)(=O)O)c1C.c1ccnnc1. The molecule has 1 heterocycles. The lowest BCUT2D eigenvalue weighted by atomic mass is 10.1. The highest BCUT2D eigenvalue weighted by Crippen LogP contribution is 2.17. The lowest BCUT2D eigenvalue weighted by Crippen LogP contribution is -2.01. The largest absolute Gasteiger partial charge is 0.294 e. The second-order valence-electron chi connectivity index (χ2n) is 3.59. The summed E-state index contributed by atoms with van der Waals surface area (Å²) in [5.74, 6) is 0. The van der Waals surface area contributed by atoms with E-state index < -0.39 is 10.1 Å². The van der Waals surface area contributed by atoms with Gasteiger partial charge in [0.1, 0.15) is 0 Å². The second kappa shape index (κ2) is 6.23. The molecule has 0 aliphatic heterocycles. The van der Waals surface area contributed by atoms with Gasteiger partial charge in [-0.15, -0.1) is 0 Å². The zero-order valence-corrected chi connectivity index (χ0v) is 10.9. The van der Waals surface area contributed by atoms with Crippen molar-refractivity contribution in [2.24, 2.45) is 0 Å². The highest BCUT2D eigenvalue weighted by atomic mass is 32.2. The molecule has 5 nitrogen and oxygen atoms in total. The van der Waals surface area contributed by atoms with Gasteiger partial charge < -0.3 is 0 Å². The molecule has 96 valence electrons. The molecule has 0 bridgehead atoms. The molecule has 0 aliphatic rings. The smallest absolute Gasteiger partial charge is 0.282 e. The molecule has 2 rings (SSSR count). The van der Waals surface area contributed by atoms with Crippen molar-refractivity contribution in [3.8, 4) is 0 Å². The summed E-state index contributed by atoms with van der Waals surface area (Å²) in [6.45, 7) is 3.46. The van der Waals surface area contributed by atoms with Gasteiger partial charge in [0.2, 0.25) is 0 Å². The lowest BCUT2D eigenvalue weighted by Gasteiger charge is -2.03. The van der Waals surface area contributed by atoms with E-state index >= 15 is 0 Å². The van der Waals surface area contributed by atoms with Crippen LogP contribution in [0.5, 0.6) is 0 Å². The molecule has 18 heavy (non-hydrogen) atoms. The third kappa shape index (κ3) is 4.23. The Morgan fingerprint density at radius 1 is 1.00 bits per heavy atom. The molecular formula is C12H14N2O3S. The van der Waals surface area contributed by atoms with Gasteiger partial charge in [0, 0.05) is 12.4 Å². The third-order valence-corrected chi connectivity index (χ3v) is 3.31. The second-order valence-corrected chi connectivity index (χ2v) is 4.98. The molecule has 1 aromatic heterocycles. The van der Waals surface area contributed by atoms with Crippen LogP contribution in [0, 0.1) is 13.8 Å². The van der Waals surface area contributed by atoms with Crippen LogP contribution in [0.25, 0.3) is 0 Å². The minimum Gasteiger partial charge on any atom is -0.282 e. The van der Waals surface area contributed by atoms with Crippen LogP contribution in [0.4, 0.5) is 0 Å². The molecule has 0 atom stereocenters. The van der Waals surface area contributed by atoms with Gasteiger partial charge in [-0.25, -0.2) is 0 Å². The molecule has 0 fully saturated rings. The molecule has 2 aromatic rings. The van der Waals surface area contributed by atoms with Crippen molar-refractivity contribution in [2.75, 3.05) is 0 Å². The normalized spacial score (nSPS) is 10.4. The van der Waals surface area contributed by atoms with Gasteiger partial charge in [-0.3, -0.25) is 4.55 Å². The predicted octanol–water partition coefficient (Wildman–Crippen LogP) is 2.03. The fourth-order valence-electron chi connectivity index (χ4n) is 1.26. The van der Waals surface area contributed by atoms with Crippen LogP contribution in [0.3, 0.4) is 0 Å². The highest BCUT2D eigenvalue weighted by molar-refractivity contribution is 7.85. The minimum absolute atomic E-state index is 0.0116. The standard InChI is InChI=1S/C8H10O3S.C4H4N2/c1-6-4-3-5-8(7(6)2)12(9,10)11;1-2-4-6-5-3-1/h3-5H,1-2H3,(H,9,10,11);1-4H. The van der Waals surface area contributed by atoms with Crippen LogP contribution in [-0.4, -0.2) is 23.2 Å². The van der Waals surface area contributed by atoms with Gasteiger partial charge in [-0.2, -0.15) is 18.6 Å². The van der Waals surface area contributed by atoms with Crippen molar-refractivity contribution < 1.29 is 13.0 Å². The first-order valence-corrected chi connectivity index (χ1v) is 6.62. The van der Waals surface area contributed by atoms with E-state index in [2.05, 4.69) is 10.2 Å². The topological polar surface area (TPSA) is 80.2 Å². The van der Waals surface area contributed by atoms with E-state index in [0.717, 1.165) is 5.56 Å². The van der Waals surface area contributed by atoms with Gasteiger partial charge in [0.15, 0.2) is 0 Å². The van der Waals surface area contributed by atoms with E-state index in [1.165, 1.54) is 6.07 Å². The average molecular weight is 266 g/mol. The Hall–Kier alpha value is -1.79. The number of hydrogen-bond donors (Lipinski definition) is 1. The minimum atomic E-state index is -4.06. The van der Waals surface area contributed by atoms with Gasteiger partial charge in [-0.05, 0) is 43.2 Å². The summed E-state index contributed by atoms with van der Waals surface area (Å²) < 4.78 is 30.3. The summed E-state index contributed by atoms with van der Waals surface area (Å²) in [6.07, 6.45) is 3.28. The summed E-state index contributed by atoms with van der Waals surface area (Å²) >= 11 is 0. The van der Waals surface area contributed by atoms with Gasteiger partial charge >= 0.3 is 0 Å². The fourth-order valence-corrected chi connectivity index (χ4v) is 2.06. The van der Waals surface area contributed by atoms with Crippen molar-refractivity contribution in [3.05, 3.63) is 53.9 Å². The van der Waals surface area contributed by atoms with E-state index in [1.54, 1.807) is 38.4 Å². The molecular weight excluding hydrogens is 252 g/mol. The number of aryl methyl sites for hydroxylation is 1. The molecule has 1 aromatic carbocycles. The molecule has 1 N–H and O–H groups in total. The molecule has 0 aliphatic carbocycles. The summed E-state index contributed by atoms with van der Waals surface area (Å²) in [5, 5.41) is 7.07. The van der Waals surface area contributed by atoms with E-state index in [4.69, 9.17) is 4.55 Å². The Morgan fingerprint density at radius 3 is 1.89 bits per heavy atom. The maximum Gasteiger partial charge on any atom is 0.294 e. The molecule has 0 spiro atoms. The summed E-state index contributed by atoms with van der Waals surface area (Å²) in [4.78, 5) is -0.0116. The molecule has 6 heteroatoms. The monoisotopic (exact) mass is 266 g/mol. The maximum absolute atomic E-state index is 10.8. The van der Waals surface area contributed by atoms with Crippen molar-refractivity contribution in [2.45, 2.75) is 18.7 Å². The van der Waals surface area contributed by atoms with Crippen LogP contribution < -0.4 is 0 Å². The van der Waals surface area contributed by atoms with Crippen LogP contribution in [0.15, 0.2) is 47.6 Å². The van der Waals surface area contributed by atoms with Crippen LogP contribution >= 0.6 is 0 Å². The number of hydrogen-bond acceptors (Lipinski definition) is 4. The number of nitrogens with zero attached hydrogens (tertiary/aromatic N) is 2. The number of rotatable bonds is 1. The van der Waals surface area contributed by atoms with Crippen LogP contribution in [-0.2, 0) is 10.1 Å². The zero-order chi connectivity index (χ0) is 13.6. The maximum atomic E-state index is 10.8. The number of benzene rings is 1. The van der Waals surface area contributed by atoms with E-state index in [1.807, 2.05) is 12.1 Å². The van der Waals surface area contributed by atoms with Gasteiger partial charge in [0.05, 0.1) is 4.90 Å². The van der Waals surface area contributed by atoms with Crippen molar-refractivity contribution in [1.29, 1.82) is 0 Å². The predicted molar refractivity (Wildman–Crippen MR) is 67.8 cm³/mol. The van der Waals surface area contributed by atoms with E-state index in [-0.39, 0.29) is 4.90 Å². The first-order chi connectivity index (χ1) is 8.43. The summed E-state index contributed by atoms with van der Waals surface area (Å²) in [6, 6.07) is 8.44. The zero-order valence-electron chi connectivity index (χ0n) is 10.1.